The van der Waals surface area contributed by atoms with Crippen molar-refractivity contribution in [2.75, 3.05) is 24.4 Å². The first-order valence-electron chi connectivity index (χ1n) is 10.8. The molecule has 0 aromatic heterocycles. The molecule has 1 amide bonds. The number of aryl methyl sites for hydroxylation is 3. The van der Waals surface area contributed by atoms with E-state index >= 15 is 0 Å². The van der Waals surface area contributed by atoms with E-state index in [1.54, 1.807) is 36.9 Å². The SMILES string of the molecule is CCOC(=O)C1CCN(C(=O)c2ccc(C)c(S(=O)(=O)Nc3cc(C)ccc3C)c2)CC1. The topological polar surface area (TPSA) is 92.8 Å². The molecule has 2 aromatic carbocycles. The highest BCUT2D eigenvalue weighted by atomic mass is 32.2. The number of rotatable bonds is 6. The van der Waals surface area contributed by atoms with Crippen molar-refractivity contribution in [3.63, 3.8) is 0 Å². The van der Waals surface area contributed by atoms with Crippen molar-refractivity contribution >= 4 is 27.6 Å². The summed E-state index contributed by atoms with van der Waals surface area (Å²) in [6, 6.07) is 10.3. The average Bonchev–Trinajstić information content (AvgIpc) is 2.76. The lowest BCUT2D eigenvalue weighted by molar-refractivity contribution is -0.149. The maximum atomic E-state index is 13.1. The van der Waals surface area contributed by atoms with Gasteiger partial charge < -0.3 is 9.64 Å². The Morgan fingerprint density at radius 3 is 2.34 bits per heavy atom. The van der Waals surface area contributed by atoms with Crippen LogP contribution >= 0.6 is 0 Å². The molecule has 0 radical (unpaired) electrons. The molecule has 0 spiro atoms. The van der Waals surface area contributed by atoms with Crippen LogP contribution in [0.25, 0.3) is 0 Å². The van der Waals surface area contributed by atoms with Gasteiger partial charge in [-0.2, -0.15) is 0 Å². The molecule has 172 valence electrons. The van der Waals surface area contributed by atoms with Crippen molar-refractivity contribution < 1.29 is 22.7 Å². The lowest BCUT2D eigenvalue weighted by atomic mass is 9.96. The number of nitrogens with zero attached hydrogens (tertiary/aromatic N) is 1. The van der Waals surface area contributed by atoms with E-state index in [9.17, 15) is 18.0 Å². The third kappa shape index (κ3) is 5.30. The minimum absolute atomic E-state index is 0.0747. The zero-order chi connectivity index (χ0) is 23.5. The molecule has 0 saturated carbocycles. The molecule has 1 saturated heterocycles. The molecule has 8 heteroatoms. The number of carbonyl (C=O) groups is 2. The van der Waals surface area contributed by atoms with Gasteiger partial charge in [-0.1, -0.05) is 18.2 Å². The standard InChI is InChI=1S/C24H30N2O5S/c1-5-31-24(28)19-10-12-26(13-11-19)23(27)20-9-8-18(4)22(15-20)32(29,30)25-21-14-16(2)6-7-17(21)3/h6-9,14-15,19,25H,5,10-13H2,1-4H3. The van der Waals surface area contributed by atoms with Gasteiger partial charge in [-0.3, -0.25) is 14.3 Å². The molecule has 1 N–H and O–H groups in total. The van der Waals surface area contributed by atoms with Crippen LogP contribution in [0.5, 0.6) is 0 Å². The third-order valence-electron chi connectivity index (χ3n) is 5.76. The van der Waals surface area contributed by atoms with Crippen molar-refractivity contribution in [1.29, 1.82) is 0 Å². The van der Waals surface area contributed by atoms with Crippen LogP contribution in [0.4, 0.5) is 5.69 Å². The highest BCUT2D eigenvalue weighted by Crippen LogP contribution is 2.25. The number of likely N-dealkylation sites (tertiary alicyclic amines) is 1. The normalized spacial score (nSPS) is 14.8. The predicted octanol–water partition coefficient (Wildman–Crippen LogP) is 3.83. The van der Waals surface area contributed by atoms with Gasteiger partial charge in [0.1, 0.15) is 0 Å². The maximum Gasteiger partial charge on any atom is 0.309 e. The third-order valence-corrected chi connectivity index (χ3v) is 7.27. The molecule has 32 heavy (non-hydrogen) atoms. The summed E-state index contributed by atoms with van der Waals surface area (Å²) in [6.07, 6.45) is 1.07. The van der Waals surface area contributed by atoms with Crippen molar-refractivity contribution in [3.05, 3.63) is 58.7 Å². The zero-order valence-electron chi connectivity index (χ0n) is 19.0. The molecule has 0 aliphatic carbocycles. The van der Waals surface area contributed by atoms with Gasteiger partial charge in [0, 0.05) is 18.7 Å². The van der Waals surface area contributed by atoms with Gasteiger partial charge in [0.15, 0.2) is 0 Å². The largest absolute Gasteiger partial charge is 0.466 e. The lowest BCUT2D eigenvalue weighted by Crippen LogP contribution is -2.40. The minimum atomic E-state index is -3.88. The van der Waals surface area contributed by atoms with Crippen molar-refractivity contribution in [3.8, 4) is 0 Å². The summed E-state index contributed by atoms with van der Waals surface area (Å²) in [6.45, 7) is 8.41. The fourth-order valence-corrected chi connectivity index (χ4v) is 5.22. The number of nitrogens with one attached hydrogen (secondary N) is 1. The summed E-state index contributed by atoms with van der Waals surface area (Å²) in [4.78, 5) is 26.7. The number of esters is 1. The van der Waals surface area contributed by atoms with Crippen LogP contribution in [0.2, 0.25) is 0 Å². The zero-order valence-corrected chi connectivity index (χ0v) is 19.8. The summed E-state index contributed by atoms with van der Waals surface area (Å²) in [5.41, 5.74) is 3.14. The van der Waals surface area contributed by atoms with Crippen molar-refractivity contribution in [2.24, 2.45) is 5.92 Å². The Kier molecular flexibility index (Phi) is 7.23. The molecule has 2 aromatic rings. The van der Waals surface area contributed by atoms with Gasteiger partial charge in [-0.05, 0) is 75.4 Å². The van der Waals surface area contributed by atoms with Gasteiger partial charge in [0.05, 0.1) is 23.1 Å². The van der Waals surface area contributed by atoms with Crippen molar-refractivity contribution in [1.82, 2.24) is 4.90 Å². The fourth-order valence-electron chi connectivity index (χ4n) is 3.83. The molecular formula is C24H30N2O5S. The first kappa shape index (κ1) is 23.8. The van der Waals surface area contributed by atoms with Gasteiger partial charge in [-0.15, -0.1) is 0 Å². The maximum absolute atomic E-state index is 13.1. The van der Waals surface area contributed by atoms with Crippen LogP contribution in [-0.4, -0.2) is 44.9 Å². The Morgan fingerprint density at radius 1 is 1.03 bits per heavy atom. The summed E-state index contributed by atoms with van der Waals surface area (Å²) in [5.74, 6) is -0.661. The smallest absolute Gasteiger partial charge is 0.309 e. The highest BCUT2D eigenvalue weighted by Gasteiger charge is 2.29. The molecule has 1 fully saturated rings. The molecule has 1 heterocycles. The van der Waals surface area contributed by atoms with Crippen LogP contribution in [0.15, 0.2) is 41.3 Å². The minimum Gasteiger partial charge on any atom is -0.466 e. The van der Waals surface area contributed by atoms with Gasteiger partial charge in [0.25, 0.3) is 15.9 Å². The molecule has 3 rings (SSSR count). The molecular weight excluding hydrogens is 428 g/mol. The summed E-state index contributed by atoms with van der Waals surface area (Å²) < 4.78 is 34.0. The molecule has 0 atom stereocenters. The van der Waals surface area contributed by atoms with Crippen LogP contribution < -0.4 is 4.72 Å². The van der Waals surface area contributed by atoms with E-state index in [-0.39, 0.29) is 22.7 Å². The number of piperidine rings is 1. The van der Waals surface area contributed by atoms with Crippen LogP contribution in [0, 0.1) is 26.7 Å². The second-order valence-corrected chi connectivity index (χ2v) is 9.87. The van der Waals surface area contributed by atoms with E-state index in [0.29, 0.717) is 49.4 Å². The quantitative estimate of drug-likeness (QED) is 0.664. The Morgan fingerprint density at radius 2 is 1.69 bits per heavy atom. The second-order valence-electron chi connectivity index (χ2n) is 8.22. The number of carbonyl (C=O) groups excluding carboxylic acids is 2. The number of ether oxygens (including phenoxy) is 1. The number of anilines is 1. The summed E-state index contributed by atoms with van der Waals surface area (Å²) in [5, 5.41) is 0. The Labute approximate surface area is 189 Å². The number of benzene rings is 2. The number of hydrogen-bond acceptors (Lipinski definition) is 5. The monoisotopic (exact) mass is 458 g/mol. The van der Waals surface area contributed by atoms with Crippen LogP contribution in [-0.2, 0) is 19.6 Å². The van der Waals surface area contributed by atoms with Gasteiger partial charge >= 0.3 is 5.97 Å². The molecule has 1 aliphatic rings. The van der Waals surface area contributed by atoms with Crippen molar-refractivity contribution in [2.45, 2.75) is 45.4 Å². The first-order chi connectivity index (χ1) is 15.1. The Balaban J connectivity index is 1.79. The molecule has 7 nitrogen and oxygen atoms in total. The van der Waals surface area contributed by atoms with Gasteiger partial charge in [-0.25, -0.2) is 8.42 Å². The number of sulfonamides is 1. The Hall–Kier alpha value is -2.87. The van der Waals surface area contributed by atoms with E-state index in [2.05, 4.69) is 4.72 Å². The first-order valence-corrected chi connectivity index (χ1v) is 12.3. The van der Waals surface area contributed by atoms with E-state index in [4.69, 9.17) is 4.74 Å². The van der Waals surface area contributed by atoms with E-state index in [1.165, 1.54) is 6.07 Å². The summed E-state index contributed by atoms with van der Waals surface area (Å²) >= 11 is 0. The van der Waals surface area contributed by atoms with Gasteiger partial charge in [0.2, 0.25) is 0 Å². The Bertz CT molecular complexity index is 1120. The highest BCUT2D eigenvalue weighted by molar-refractivity contribution is 7.92. The van der Waals surface area contributed by atoms with Crippen LogP contribution in [0.1, 0.15) is 46.8 Å². The number of hydrogen-bond donors (Lipinski definition) is 1. The fraction of sp³-hybridized carbons (Fsp3) is 0.417. The van der Waals surface area contributed by atoms with E-state index in [0.717, 1.165) is 11.1 Å². The molecule has 1 aliphatic heterocycles. The predicted molar refractivity (Wildman–Crippen MR) is 123 cm³/mol. The van der Waals surface area contributed by atoms with Crippen LogP contribution in [0.3, 0.4) is 0 Å². The summed E-state index contributed by atoms with van der Waals surface area (Å²) in [7, 11) is -3.88. The van der Waals surface area contributed by atoms with E-state index in [1.807, 2.05) is 26.0 Å². The van der Waals surface area contributed by atoms with E-state index < -0.39 is 10.0 Å². The average molecular weight is 459 g/mol. The lowest BCUT2D eigenvalue weighted by Gasteiger charge is -2.31. The molecule has 0 unspecified atom stereocenters. The molecule has 0 bridgehead atoms. The number of amides is 1. The second kappa shape index (κ2) is 9.73.